The van der Waals surface area contributed by atoms with Gasteiger partial charge in [0.2, 0.25) is 5.88 Å². The second kappa shape index (κ2) is 9.51. The average molecular weight is 438 g/mol. The van der Waals surface area contributed by atoms with Crippen LogP contribution in [0.25, 0.3) is 16.9 Å². The van der Waals surface area contributed by atoms with E-state index in [4.69, 9.17) is 10.00 Å². The maximum Gasteiger partial charge on any atom is 0.237 e. The third-order valence-corrected chi connectivity index (χ3v) is 5.50. The molecule has 4 heterocycles. The van der Waals surface area contributed by atoms with Crippen LogP contribution in [0.1, 0.15) is 11.1 Å². The van der Waals surface area contributed by atoms with Crippen molar-refractivity contribution in [2.24, 2.45) is 0 Å². The maximum atomic E-state index is 8.88. The fraction of sp³-hybridized carbons (Fsp3) is 0.200. The predicted molar refractivity (Wildman–Crippen MR) is 125 cm³/mol. The van der Waals surface area contributed by atoms with Crippen LogP contribution in [0.15, 0.2) is 73.3 Å². The van der Waals surface area contributed by atoms with Gasteiger partial charge in [-0.3, -0.25) is 0 Å². The summed E-state index contributed by atoms with van der Waals surface area (Å²) in [7, 11) is 0. The molecule has 3 aromatic heterocycles. The van der Waals surface area contributed by atoms with Crippen LogP contribution in [0.4, 0.5) is 5.69 Å². The van der Waals surface area contributed by atoms with Crippen molar-refractivity contribution in [3.63, 3.8) is 0 Å². The van der Waals surface area contributed by atoms with Gasteiger partial charge in [-0.1, -0.05) is 18.2 Å². The topological polar surface area (TPSA) is 101 Å². The molecule has 5 rings (SSSR count). The molecule has 1 aromatic carbocycles. The number of nitrogens with one attached hydrogen (secondary N) is 2. The number of hydrogen-bond acceptors (Lipinski definition) is 7. The van der Waals surface area contributed by atoms with Crippen LogP contribution in [0.2, 0.25) is 0 Å². The minimum atomic E-state index is 0.00344. The lowest BCUT2D eigenvalue weighted by Crippen LogP contribution is -2.40. The lowest BCUT2D eigenvalue weighted by Gasteiger charge is -2.27. The summed E-state index contributed by atoms with van der Waals surface area (Å²) in [5.74, 6) is 1.38. The predicted octanol–water partition coefficient (Wildman–Crippen LogP) is 3.21. The van der Waals surface area contributed by atoms with Crippen molar-refractivity contribution >= 4 is 5.69 Å². The maximum absolute atomic E-state index is 8.88. The summed E-state index contributed by atoms with van der Waals surface area (Å²) in [4.78, 5) is 8.85. The van der Waals surface area contributed by atoms with Crippen molar-refractivity contribution < 1.29 is 4.74 Å². The van der Waals surface area contributed by atoms with Crippen LogP contribution < -0.4 is 15.4 Å². The highest BCUT2D eigenvalue weighted by Gasteiger charge is 2.21. The lowest BCUT2D eigenvalue weighted by molar-refractivity contribution is 0.194. The lowest BCUT2D eigenvalue weighted by atomic mass is 10.1. The van der Waals surface area contributed by atoms with Gasteiger partial charge in [0.25, 0.3) is 0 Å². The third-order valence-electron chi connectivity index (χ3n) is 5.50. The molecule has 33 heavy (non-hydrogen) atoms. The van der Waals surface area contributed by atoms with Gasteiger partial charge < -0.3 is 15.4 Å². The van der Waals surface area contributed by atoms with Crippen molar-refractivity contribution in [1.29, 1.82) is 5.26 Å². The monoisotopic (exact) mass is 437 g/mol. The van der Waals surface area contributed by atoms with Gasteiger partial charge in [-0.15, -0.1) is 0 Å². The second-order valence-corrected chi connectivity index (χ2v) is 7.82. The van der Waals surface area contributed by atoms with Gasteiger partial charge >= 0.3 is 0 Å². The number of aromatic nitrogens is 4. The Kier molecular flexibility index (Phi) is 5.95. The Morgan fingerprint density at radius 3 is 2.85 bits per heavy atom. The van der Waals surface area contributed by atoms with Crippen molar-refractivity contribution in [2.75, 3.05) is 25.0 Å². The number of rotatable bonds is 7. The van der Waals surface area contributed by atoms with Gasteiger partial charge in [-0.25, -0.2) is 14.6 Å². The normalized spacial score (nSPS) is 14.6. The summed E-state index contributed by atoms with van der Waals surface area (Å²) in [6.07, 6.45) is 8.20. The van der Waals surface area contributed by atoms with Crippen molar-refractivity contribution in [3.8, 4) is 28.9 Å². The van der Waals surface area contributed by atoms with Gasteiger partial charge in [0.15, 0.2) is 5.82 Å². The van der Waals surface area contributed by atoms with E-state index in [0.717, 1.165) is 42.1 Å². The number of nitrogens with zero attached hydrogens (tertiary/aromatic N) is 5. The fourth-order valence-corrected chi connectivity index (χ4v) is 3.70. The first-order valence-electron chi connectivity index (χ1n) is 10.9. The van der Waals surface area contributed by atoms with E-state index in [1.807, 2.05) is 60.9 Å². The SMILES string of the molecule is N#Cc1ccc(CCNCC2CNc3cc(-c4cnn(-c5ccccn5)c4)cnc3O2)cc1. The van der Waals surface area contributed by atoms with E-state index in [1.54, 1.807) is 17.1 Å². The fourth-order valence-electron chi connectivity index (χ4n) is 3.70. The second-order valence-electron chi connectivity index (χ2n) is 7.82. The zero-order chi connectivity index (χ0) is 22.5. The first-order chi connectivity index (χ1) is 16.3. The highest BCUT2D eigenvalue weighted by atomic mass is 16.5. The molecule has 0 saturated carbocycles. The number of ether oxygens (including phenoxy) is 1. The number of nitriles is 1. The van der Waals surface area contributed by atoms with Gasteiger partial charge in [0.05, 0.1) is 30.1 Å². The Hall–Kier alpha value is -4.22. The van der Waals surface area contributed by atoms with E-state index in [-0.39, 0.29) is 6.10 Å². The number of fused-ring (bicyclic) bond motifs is 1. The molecule has 0 saturated heterocycles. The number of hydrogen-bond donors (Lipinski definition) is 2. The third kappa shape index (κ3) is 4.84. The summed E-state index contributed by atoms with van der Waals surface area (Å²) in [6, 6.07) is 17.6. The number of pyridine rings is 2. The first kappa shape index (κ1) is 20.7. The van der Waals surface area contributed by atoms with Crippen LogP contribution in [0, 0.1) is 11.3 Å². The molecular weight excluding hydrogens is 414 g/mol. The van der Waals surface area contributed by atoms with Gasteiger partial charge in [0.1, 0.15) is 6.10 Å². The molecule has 0 amide bonds. The van der Waals surface area contributed by atoms with E-state index >= 15 is 0 Å². The van der Waals surface area contributed by atoms with Gasteiger partial charge in [0, 0.05) is 36.3 Å². The van der Waals surface area contributed by atoms with Gasteiger partial charge in [-0.2, -0.15) is 10.4 Å². The quantitative estimate of drug-likeness (QED) is 0.428. The highest BCUT2D eigenvalue weighted by Crippen LogP contribution is 2.31. The van der Waals surface area contributed by atoms with E-state index in [2.05, 4.69) is 31.8 Å². The standard InChI is InChI=1S/C25H23N7O/c26-12-19-6-4-18(5-7-19)8-10-27-15-22-16-29-23-11-20(13-30-25(23)33-22)21-14-31-32(17-21)24-3-1-2-9-28-24/h1-7,9,11,13-14,17,22,27,29H,8,10,15-16H2. The van der Waals surface area contributed by atoms with E-state index in [9.17, 15) is 0 Å². The highest BCUT2D eigenvalue weighted by molar-refractivity contribution is 5.69. The first-order valence-corrected chi connectivity index (χ1v) is 10.9. The largest absolute Gasteiger partial charge is 0.470 e. The van der Waals surface area contributed by atoms with Crippen LogP contribution in [-0.4, -0.2) is 45.5 Å². The molecule has 1 aliphatic heterocycles. The molecule has 2 N–H and O–H groups in total. The molecule has 8 heteroatoms. The molecule has 1 atom stereocenters. The van der Waals surface area contributed by atoms with E-state index in [0.29, 0.717) is 18.0 Å². The smallest absolute Gasteiger partial charge is 0.237 e. The minimum Gasteiger partial charge on any atom is -0.470 e. The van der Waals surface area contributed by atoms with Crippen LogP contribution in [0.3, 0.4) is 0 Å². The molecule has 1 aliphatic rings. The number of benzene rings is 1. The number of anilines is 1. The summed E-state index contributed by atoms with van der Waals surface area (Å²) in [6.45, 7) is 2.27. The molecule has 1 unspecified atom stereocenters. The molecule has 0 radical (unpaired) electrons. The molecule has 4 aromatic rings. The zero-order valence-corrected chi connectivity index (χ0v) is 18.0. The average Bonchev–Trinajstić information content (AvgIpc) is 3.38. The van der Waals surface area contributed by atoms with Crippen LogP contribution in [0.5, 0.6) is 5.88 Å². The Bertz CT molecular complexity index is 1260. The van der Waals surface area contributed by atoms with Crippen molar-refractivity contribution in [1.82, 2.24) is 25.1 Å². The Balaban J connectivity index is 1.15. The van der Waals surface area contributed by atoms with Crippen molar-refractivity contribution in [2.45, 2.75) is 12.5 Å². The molecule has 0 spiro atoms. The zero-order valence-electron chi connectivity index (χ0n) is 18.0. The van der Waals surface area contributed by atoms with Crippen molar-refractivity contribution in [3.05, 3.63) is 84.4 Å². The summed E-state index contributed by atoms with van der Waals surface area (Å²) >= 11 is 0. The summed E-state index contributed by atoms with van der Waals surface area (Å²) in [5.41, 5.74) is 4.70. The van der Waals surface area contributed by atoms with E-state index < -0.39 is 0 Å². The molecule has 8 nitrogen and oxygen atoms in total. The Labute approximate surface area is 191 Å². The van der Waals surface area contributed by atoms with Crippen LogP contribution >= 0.6 is 0 Å². The summed E-state index contributed by atoms with van der Waals surface area (Å²) < 4.78 is 7.83. The van der Waals surface area contributed by atoms with Gasteiger partial charge in [-0.05, 0) is 48.9 Å². The summed E-state index contributed by atoms with van der Waals surface area (Å²) in [5, 5.41) is 20.2. The molecule has 0 aliphatic carbocycles. The molecule has 0 bridgehead atoms. The molecular formula is C25H23N7O. The molecule has 164 valence electrons. The molecule has 0 fully saturated rings. The van der Waals surface area contributed by atoms with E-state index in [1.165, 1.54) is 5.56 Å². The minimum absolute atomic E-state index is 0.00344. The van der Waals surface area contributed by atoms with Crippen LogP contribution in [-0.2, 0) is 6.42 Å². The Morgan fingerprint density at radius 1 is 1.12 bits per heavy atom. The Morgan fingerprint density at radius 2 is 2.03 bits per heavy atom.